The summed E-state index contributed by atoms with van der Waals surface area (Å²) in [6, 6.07) is 4.19. The van der Waals surface area contributed by atoms with Crippen LogP contribution in [-0.4, -0.2) is 29.9 Å². The Hall–Kier alpha value is -0.840. The molecule has 2 rings (SSSR count). The quantitative estimate of drug-likeness (QED) is 0.910. The molecule has 1 fully saturated rings. The van der Waals surface area contributed by atoms with E-state index in [4.69, 9.17) is 17.3 Å². The molecule has 1 heterocycles. The predicted molar refractivity (Wildman–Crippen MR) is 80.9 cm³/mol. The van der Waals surface area contributed by atoms with E-state index in [1.165, 1.54) is 12.1 Å². The maximum absolute atomic E-state index is 13.4. The molecular weight excluding hydrogens is 302 g/mol. The van der Waals surface area contributed by atoms with Crippen LogP contribution in [0.2, 0.25) is 5.02 Å². The van der Waals surface area contributed by atoms with Gasteiger partial charge < -0.3 is 10.6 Å². The summed E-state index contributed by atoms with van der Waals surface area (Å²) in [7, 11) is 0. The molecule has 2 N–H and O–H groups in total. The molecule has 20 heavy (non-hydrogen) atoms. The monoisotopic (exact) mass is 320 g/mol. The Kier molecular flexibility index (Phi) is 6.24. The van der Waals surface area contributed by atoms with E-state index in [2.05, 4.69) is 6.92 Å². The summed E-state index contributed by atoms with van der Waals surface area (Å²) in [5.74, 6) is -0.167. The van der Waals surface area contributed by atoms with Crippen LogP contribution in [0.5, 0.6) is 0 Å². The van der Waals surface area contributed by atoms with E-state index in [0.717, 1.165) is 12.8 Å². The molecule has 2 atom stereocenters. The molecule has 1 aromatic carbocycles. The Morgan fingerprint density at radius 2 is 2.25 bits per heavy atom. The van der Waals surface area contributed by atoms with Gasteiger partial charge in [0.05, 0.1) is 5.02 Å². The minimum atomic E-state index is -0.567. The lowest BCUT2D eigenvalue weighted by Crippen LogP contribution is -2.49. The summed E-state index contributed by atoms with van der Waals surface area (Å²) in [4.78, 5) is 14.2. The number of hydrogen-bond acceptors (Lipinski definition) is 2. The molecule has 1 aliphatic rings. The van der Waals surface area contributed by atoms with Gasteiger partial charge in [-0.1, -0.05) is 18.5 Å². The molecule has 0 radical (unpaired) electrons. The van der Waals surface area contributed by atoms with E-state index < -0.39 is 5.82 Å². The first kappa shape index (κ1) is 17.2. The number of carbonyl (C=O) groups excluding carboxylic acids is 1. The first-order valence-corrected chi connectivity index (χ1v) is 6.86. The standard InChI is InChI=1S/C14H18ClFN2O.ClH/c1-9-4-5-18(11(6-9)8-17)14(19)10-2-3-12(15)13(16)7-10;/h2-3,7,9,11H,4-6,8,17H2,1H3;1H. The van der Waals surface area contributed by atoms with Gasteiger partial charge in [0.15, 0.2) is 0 Å². The number of amides is 1. The topological polar surface area (TPSA) is 46.3 Å². The maximum Gasteiger partial charge on any atom is 0.254 e. The summed E-state index contributed by atoms with van der Waals surface area (Å²) in [6.07, 6.45) is 1.86. The number of nitrogens with zero attached hydrogens (tertiary/aromatic N) is 1. The first-order valence-electron chi connectivity index (χ1n) is 6.49. The third-order valence-corrected chi connectivity index (χ3v) is 3.98. The molecule has 0 aliphatic carbocycles. The van der Waals surface area contributed by atoms with E-state index in [1.807, 2.05) is 0 Å². The number of hydrogen-bond donors (Lipinski definition) is 1. The van der Waals surface area contributed by atoms with Gasteiger partial charge in [-0.2, -0.15) is 0 Å². The zero-order valence-corrected chi connectivity index (χ0v) is 12.9. The minimum Gasteiger partial charge on any atom is -0.334 e. The van der Waals surface area contributed by atoms with Gasteiger partial charge in [-0.05, 0) is 37.0 Å². The molecule has 112 valence electrons. The third kappa shape index (κ3) is 3.62. The first-order chi connectivity index (χ1) is 9.02. The molecular formula is C14H19Cl2FN2O. The van der Waals surface area contributed by atoms with Gasteiger partial charge >= 0.3 is 0 Å². The number of piperidine rings is 1. The summed E-state index contributed by atoms with van der Waals surface area (Å²) in [5, 5.41) is 0.0270. The lowest BCUT2D eigenvalue weighted by Gasteiger charge is -2.38. The average Bonchev–Trinajstić information content (AvgIpc) is 2.41. The minimum absolute atomic E-state index is 0. The highest BCUT2D eigenvalue weighted by molar-refractivity contribution is 6.30. The Bertz CT molecular complexity index is 484. The van der Waals surface area contributed by atoms with Crippen molar-refractivity contribution in [3.63, 3.8) is 0 Å². The van der Waals surface area contributed by atoms with Crippen LogP contribution in [0, 0.1) is 11.7 Å². The molecule has 0 spiro atoms. The largest absolute Gasteiger partial charge is 0.334 e. The van der Waals surface area contributed by atoms with E-state index in [1.54, 1.807) is 11.0 Å². The van der Waals surface area contributed by atoms with Crippen LogP contribution in [0.4, 0.5) is 4.39 Å². The average molecular weight is 321 g/mol. The molecule has 1 saturated heterocycles. The van der Waals surface area contributed by atoms with Crippen molar-refractivity contribution in [2.45, 2.75) is 25.8 Å². The number of benzene rings is 1. The van der Waals surface area contributed by atoms with E-state index in [0.29, 0.717) is 24.6 Å². The van der Waals surface area contributed by atoms with Gasteiger partial charge in [-0.3, -0.25) is 4.79 Å². The highest BCUT2D eigenvalue weighted by Crippen LogP contribution is 2.24. The predicted octanol–water partition coefficient (Wildman–Crippen LogP) is 3.10. The summed E-state index contributed by atoms with van der Waals surface area (Å²) in [5.41, 5.74) is 6.07. The fourth-order valence-corrected chi connectivity index (χ4v) is 2.65. The lowest BCUT2D eigenvalue weighted by atomic mass is 9.92. The maximum atomic E-state index is 13.4. The van der Waals surface area contributed by atoms with Crippen molar-refractivity contribution in [1.29, 1.82) is 0 Å². The SMILES string of the molecule is CC1CCN(C(=O)c2ccc(Cl)c(F)c2)C(CN)C1.Cl. The van der Waals surface area contributed by atoms with Crippen LogP contribution in [0.1, 0.15) is 30.1 Å². The Morgan fingerprint density at radius 3 is 2.85 bits per heavy atom. The number of likely N-dealkylation sites (tertiary alicyclic amines) is 1. The van der Waals surface area contributed by atoms with Gasteiger partial charge in [0, 0.05) is 24.7 Å². The van der Waals surface area contributed by atoms with Crippen molar-refractivity contribution in [1.82, 2.24) is 4.90 Å². The van der Waals surface area contributed by atoms with Crippen molar-refractivity contribution < 1.29 is 9.18 Å². The molecule has 0 bridgehead atoms. The van der Waals surface area contributed by atoms with Crippen LogP contribution in [0.15, 0.2) is 18.2 Å². The van der Waals surface area contributed by atoms with Crippen molar-refractivity contribution in [3.05, 3.63) is 34.6 Å². The van der Waals surface area contributed by atoms with E-state index in [9.17, 15) is 9.18 Å². The molecule has 2 unspecified atom stereocenters. The number of rotatable bonds is 2. The van der Waals surface area contributed by atoms with Crippen LogP contribution >= 0.6 is 24.0 Å². The lowest BCUT2D eigenvalue weighted by molar-refractivity contribution is 0.0573. The Balaban J connectivity index is 0.00000200. The number of nitrogens with two attached hydrogens (primary N) is 1. The molecule has 6 heteroatoms. The van der Waals surface area contributed by atoms with Crippen LogP contribution in [0.3, 0.4) is 0 Å². The number of carbonyl (C=O) groups is 1. The van der Waals surface area contributed by atoms with Crippen LogP contribution in [0.25, 0.3) is 0 Å². The molecule has 1 aliphatic heterocycles. The molecule has 3 nitrogen and oxygen atoms in total. The second kappa shape index (κ2) is 7.25. The Morgan fingerprint density at radius 1 is 1.55 bits per heavy atom. The van der Waals surface area contributed by atoms with E-state index >= 15 is 0 Å². The fraction of sp³-hybridized carbons (Fsp3) is 0.500. The highest BCUT2D eigenvalue weighted by Gasteiger charge is 2.29. The van der Waals surface area contributed by atoms with Crippen molar-refractivity contribution in [2.75, 3.05) is 13.1 Å². The second-order valence-corrected chi connectivity index (χ2v) is 5.55. The van der Waals surface area contributed by atoms with Gasteiger partial charge in [0.1, 0.15) is 5.82 Å². The van der Waals surface area contributed by atoms with Gasteiger partial charge in [-0.15, -0.1) is 12.4 Å². The summed E-state index contributed by atoms with van der Waals surface area (Å²) >= 11 is 5.63. The summed E-state index contributed by atoms with van der Waals surface area (Å²) < 4.78 is 13.4. The van der Waals surface area contributed by atoms with Gasteiger partial charge in [0.2, 0.25) is 0 Å². The highest BCUT2D eigenvalue weighted by atomic mass is 35.5. The smallest absolute Gasteiger partial charge is 0.254 e. The Labute approximate surface area is 129 Å². The molecule has 1 aromatic rings. The van der Waals surface area contributed by atoms with Gasteiger partial charge in [0.25, 0.3) is 5.91 Å². The van der Waals surface area contributed by atoms with Crippen molar-refractivity contribution in [2.24, 2.45) is 11.7 Å². The molecule has 1 amide bonds. The van der Waals surface area contributed by atoms with E-state index in [-0.39, 0.29) is 29.4 Å². The van der Waals surface area contributed by atoms with Crippen LogP contribution in [-0.2, 0) is 0 Å². The molecule has 0 saturated carbocycles. The summed E-state index contributed by atoms with van der Waals surface area (Å²) in [6.45, 7) is 3.27. The van der Waals surface area contributed by atoms with Crippen molar-refractivity contribution in [3.8, 4) is 0 Å². The number of halogens is 3. The van der Waals surface area contributed by atoms with Crippen LogP contribution < -0.4 is 5.73 Å². The molecule has 0 aromatic heterocycles. The third-order valence-electron chi connectivity index (χ3n) is 3.68. The zero-order chi connectivity index (χ0) is 14.0. The normalized spacial score (nSPS) is 22.3. The second-order valence-electron chi connectivity index (χ2n) is 5.15. The van der Waals surface area contributed by atoms with Gasteiger partial charge in [-0.25, -0.2) is 4.39 Å². The zero-order valence-electron chi connectivity index (χ0n) is 11.3. The van der Waals surface area contributed by atoms with Crippen molar-refractivity contribution >= 4 is 29.9 Å². The fourth-order valence-electron chi connectivity index (χ4n) is 2.54.